The Morgan fingerprint density at radius 1 is 1.27 bits per heavy atom. The standard InChI is InChI=1S/C22H26N2OS/c1-24(12-11-16-9-10-20-22(13-16)26-15-23-20)14-17-5-3-7-19-18(17)6-4-8-21(19)25-2/h4,6,8-10,13,15,17H,3,5,7,11-12,14H2,1-2H3. The summed E-state index contributed by atoms with van der Waals surface area (Å²) < 4.78 is 6.87. The van der Waals surface area contributed by atoms with Crippen LogP contribution in [0.3, 0.4) is 0 Å². The highest BCUT2D eigenvalue weighted by Crippen LogP contribution is 2.36. The maximum atomic E-state index is 5.58. The molecule has 0 saturated heterocycles. The average molecular weight is 367 g/mol. The molecule has 0 saturated carbocycles. The van der Waals surface area contributed by atoms with E-state index < -0.39 is 0 Å². The molecule has 0 aliphatic heterocycles. The molecule has 0 fully saturated rings. The molecule has 0 N–H and O–H groups in total. The van der Waals surface area contributed by atoms with E-state index in [9.17, 15) is 0 Å². The highest BCUT2D eigenvalue weighted by Gasteiger charge is 2.23. The lowest BCUT2D eigenvalue weighted by atomic mass is 9.82. The lowest BCUT2D eigenvalue weighted by Gasteiger charge is -2.30. The Labute approximate surface area is 159 Å². The third kappa shape index (κ3) is 3.62. The largest absolute Gasteiger partial charge is 0.496 e. The molecule has 1 heterocycles. The maximum Gasteiger partial charge on any atom is 0.122 e. The fourth-order valence-electron chi connectivity index (χ4n) is 4.14. The van der Waals surface area contributed by atoms with Gasteiger partial charge in [0, 0.05) is 13.1 Å². The van der Waals surface area contributed by atoms with Gasteiger partial charge in [0.05, 0.1) is 22.8 Å². The SMILES string of the molecule is COc1cccc2c1CCCC2CN(C)CCc1ccc2ncsc2c1. The predicted molar refractivity (Wildman–Crippen MR) is 109 cm³/mol. The first-order valence-electron chi connectivity index (χ1n) is 9.41. The van der Waals surface area contributed by atoms with Gasteiger partial charge in [0.15, 0.2) is 0 Å². The second-order valence-corrected chi connectivity index (χ2v) is 8.17. The van der Waals surface area contributed by atoms with E-state index >= 15 is 0 Å². The molecule has 3 nitrogen and oxygen atoms in total. The van der Waals surface area contributed by atoms with E-state index in [0.29, 0.717) is 5.92 Å². The Kier molecular flexibility index (Phi) is 5.23. The van der Waals surface area contributed by atoms with E-state index in [1.165, 1.54) is 34.2 Å². The third-order valence-corrected chi connectivity index (χ3v) is 6.31. The van der Waals surface area contributed by atoms with Crippen LogP contribution in [0.15, 0.2) is 41.9 Å². The normalized spacial score (nSPS) is 16.8. The molecule has 0 spiro atoms. The minimum Gasteiger partial charge on any atom is -0.496 e. The highest BCUT2D eigenvalue weighted by atomic mass is 32.1. The summed E-state index contributed by atoms with van der Waals surface area (Å²) in [5, 5.41) is 0. The smallest absolute Gasteiger partial charge is 0.122 e. The molecule has 3 aromatic rings. The summed E-state index contributed by atoms with van der Waals surface area (Å²) in [4.78, 5) is 6.85. The molecule has 1 aliphatic carbocycles. The van der Waals surface area contributed by atoms with Gasteiger partial charge in [-0.05, 0) is 73.5 Å². The number of rotatable bonds is 6. The molecule has 0 bridgehead atoms. The highest BCUT2D eigenvalue weighted by molar-refractivity contribution is 7.16. The van der Waals surface area contributed by atoms with E-state index in [0.717, 1.165) is 37.2 Å². The number of hydrogen-bond acceptors (Lipinski definition) is 4. The van der Waals surface area contributed by atoms with Gasteiger partial charge in [-0.25, -0.2) is 4.98 Å². The monoisotopic (exact) mass is 366 g/mol. The second-order valence-electron chi connectivity index (χ2n) is 7.28. The summed E-state index contributed by atoms with van der Waals surface area (Å²) in [5.41, 5.74) is 7.36. The molecular formula is C22H26N2OS. The van der Waals surface area contributed by atoms with Crippen LogP contribution in [-0.2, 0) is 12.8 Å². The van der Waals surface area contributed by atoms with E-state index in [4.69, 9.17) is 4.74 Å². The van der Waals surface area contributed by atoms with Crippen LogP contribution in [0.2, 0.25) is 0 Å². The van der Waals surface area contributed by atoms with Gasteiger partial charge in [0.2, 0.25) is 0 Å². The van der Waals surface area contributed by atoms with Crippen molar-refractivity contribution in [2.24, 2.45) is 0 Å². The predicted octanol–water partition coefficient (Wildman–Crippen LogP) is 4.90. The number of ether oxygens (including phenoxy) is 1. The van der Waals surface area contributed by atoms with E-state index in [2.05, 4.69) is 53.3 Å². The molecule has 0 amide bonds. The topological polar surface area (TPSA) is 25.4 Å². The molecule has 1 aliphatic rings. The number of nitrogens with zero attached hydrogens (tertiary/aromatic N) is 2. The first-order chi connectivity index (χ1) is 12.7. The van der Waals surface area contributed by atoms with Crippen LogP contribution in [0.25, 0.3) is 10.2 Å². The van der Waals surface area contributed by atoms with Gasteiger partial charge in [-0.15, -0.1) is 11.3 Å². The van der Waals surface area contributed by atoms with Gasteiger partial charge >= 0.3 is 0 Å². The van der Waals surface area contributed by atoms with Crippen molar-refractivity contribution in [1.82, 2.24) is 9.88 Å². The maximum absolute atomic E-state index is 5.58. The zero-order valence-electron chi connectivity index (χ0n) is 15.6. The van der Waals surface area contributed by atoms with Crippen molar-refractivity contribution in [3.63, 3.8) is 0 Å². The Balaban J connectivity index is 1.40. The van der Waals surface area contributed by atoms with Crippen LogP contribution < -0.4 is 4.74 Å². The minimum atomic E-state index is 0.614. The summed E-state index contributed by atoms with van der Waals surface area (Å²) in [6.07, 6.45) is 4.77. The Hall–Kier alpha value is -1.91. The van der Waals surface area contributed by atoms with Crippen LogP contribution >= 0.6 is 11.3 Å². The van der Waals surface area contributed by atoms with Gasteiger partial charge in [-0.2, -0.15) is 0 Å². The number of fused-ring (bicyclic) bond motifs is 2. The molecule has 2 aromatic carbocycles. The second kappa shape index (κ2) is 7.77. The van der Waals surface area contributed by atoms with Gasteiger partial charge in [-0.3, -0.25) is 0 Å². The Morgan fingerprint density at radius 3 is 3.08 bits per heavy atom. The quantitative estimate of drug-likeness (QED) is 0.620. The number of likely N-dealkylation sites (N-methyl/N-ethyl adjacent to an activating group) is 1. The minimum absolute atomic E-state index is 0.614. The molecule has 1 atom stereocenters. The number of methoxy groups -OCH3 is 1. The van der Waals surface area contributed by atoms with Gasteiger partial charge in [0.1, 0.15) is 5.75 Å². The summed E-state index contributed by atoms with van der Waals surface area (Å²) in [6, 6.07) is 13.2. The Bertz CT molecular complexity index is 889. The molecule has 1 aromatic heterocycles. The molecule has 1 unspecified atom stereocenters. The van der Waals surface area contributed by atoms with Crippen LogP contribution in [0.1, 0.15) is 35.4 Å². The van der Waals surface area contributed by atoms with Crippen molar-refractivity contribution in [1.29, 1.82) is 0 Å². The van der Waals surface area contributed by atoms with Crippen LogP contribution in [-0.4, -0.2) is 37.1 Å². The number of hydrogen-bond donors (Lipinski definition) is 0. The van der Waals surface area contributed by atoms with E-state index in [1.807, 2.05) is 5.51 Å². The number of thiazole rings is 1. The first kappa shape index (κ1) is 17.5. The number of aromatic nitrogens is 1. The van der Waals surface area contributed by atoms with Crippen molar-refractivity contribution < 1.29 is 4.74 Å². The summed E-state index contributed by atoms with van der Waals surface area (Å²) in [5.74, 6) is 1.68. The van der Waals surface area contributed by atoms with Crippen molar-refractivity contribution in [3.05, 3.63) is 58.6 Å². The summed E-state index contributed by atoms with van der Waals surface area (Å²) in [7, 11) is 4.03. The average Bonchev–Trinajstić information content (AvgIpc) is 3.14. The molecule has 136 valence electrons. The van der Waals surface area contributed by atoms with Crippen molar-refractivity contribution in [3.8, 4) is 5.75 Å². The van der Waals surface area contributed by atoms with E-state index in [-0.39, 0.29) is 0 Å². The number of benzene rings is 2. The van der Waals surface area contributed by atoms with Crippen LogP contribution in [0, 0.1) is 0 Å². The van der Waals surface area contributed by atoms with Crippen molar-refractivity contribution in [2.75, 3.05) is 27.2 Å². The fourth-order valence-corrected chi connectivity index (χ4v) is 4.88. The van der Waals surface area contributed by atoms with Crippen molar-refractivity contribution >= 4 is 21.6 Å². The Morgan fingerprint density at radius 2 is 2.19 bits per heavy atom. The van der Waals surface area contributed by atoms with Crippen molar-refractivity contribution in [2.45, 2.75) is 31.6 Å². The zero-order chi connectivity index (χ0) is 17.9. The van der Waals surface area contributed by atoms with Gasteiger partial charge < -0.3 is 9.64 Å². The fraction of sp³-hybridized carbons (Fsp3) is 0.409. The van der Waals surface area contributed by atoms with Gasteiger partial charge in [0.25, 0.3) is 0 Å². The third-order valence-electron chi connectivity index (χ3n) is 5.52. The summed E-state index contributed by atoms with van der Waals surface area (Å²) in [6.45, 7) is 2.20. The van der Waals surface area contributed by atoms with Gasteiger partial charge in [-0.1, -0.05) is 18.2 Å². The lowest BCUT2D eigenvalue weighted by molar-refractivity contribution is 0.299. The van der Waals surface area contributed by atoms with Crippen LogP contribution in [0.5, 0.6) is 5.75 Å². The molecule has 26 heavy (non-hydrogen) atoms. The summed E-state index contributed by atoms with van der Waals surface area (Å²) >= 11 is 1.72. The molecular weight excluding hydrogens is 340 g/mol. The van der Waals surface area contributed by atoms with E-state index in [1.54, 1.807) is 18.4 Å². The first-order valence-corrected chi connectivity index (χ1v) is 10.3. The molecule has 4 heteroatoms. The lowest BCUT2D eigenvalue weighted by Crippen LogP contribution is -2.28. The molecule has 0 radical (unpaired) electrons. The zero-order valence-corrected chi connectivity index (χ0v) is 16.4. The molecule has 4 rings (SSSR count). The van der Waals surface area contributed by atoms with Crippen LogP contribution in [0.4, 0.5) is 0 Å².